The maximum atomic E-state index is 5.31. The summed E-state index contributed by atoms with van der Waals surface area (Å²) in [5, 5.41) is 3.74. The van der Waals surface area contributed by atoms with Crippen LogP contribution in [0.15, 0.2) is 4.52 Å². The van der Waals surface area contributed by atoms with Crippen LogP contribution in [0, 0.1) is 5.92 Å². The first-order valence-electron chi connectivity index (χ1n) is 5.26. The second-order valence-electron chi connectivity index (χ2n) is 4.04. The SMILES string of the molecule is CC(C)CCCCCc1noc(N)n1. The van der Waals surface area contributed by atoms with Gasteiger partial charge in [-0.2, -0.15) is 4.98 Å². The molecule has 4 heteroatoms. The highest BCUT2D eigenvalue weighted by atomic mass is 16.5. The van der Waals surface area contributed by atoms with Gasteiger partial charge in [0.15, 0.2) is 5.82 Å². The van der Waals surface area contributed by atoms with Gasteiger partial charge in [-0.25, -0.2) is 0 Å². The molecule has 0 radical (unpaired) electrons. The van der Waals surface area contributed by atoms with E-state index in [0.717, 1.165) is 24.6 Å². The molecular formula is C10H19N3O. The van der Waals surface area contributed by atoms with Crippen molar-refractivity contribution in [2.75, 3.05) is 5.73 Å². The van der Waals surface area contributed by atoms with E-state index in [4.69, 9.17) is 5.73 Å². The van der Waals surface area contributed by atoms with Crippen LogP contribution in [0.2, 0.25) is 0 Å². The fourth-order valence-electron chi connectivity index (χ4n) is 1.38. The topological polar surface area (TPSA) is 64.9 Å². The average molecular weight is 197 g/mol. The highest BCUT2D eigenvalue weighted by molar-refractivity contribution is 5.06. The van der Waals surface area contributed by atoms with Gasteiger partial charge in [-0.1, -0.05) is 38.3 Å². The summed E-state index contributed by atoms with van der Waals surface area (Å²) < 4.78 is 4.68. The Hall–Kier alpha value is -1.06. The number of nitrogens with zero attached hydrogens (tertiary/aromatic N) is 2. The first-order chi connectivity index (χ1) is 6.68. The molecule has 0 saturated heterocycles. The number of nitrogen functional groups attached to an aromatic ring is 1. The van der Waals surface area contributed by atoms with E-state index >= 15 is 0 Å². The van der Waals surface area contributed by atoms with E-state index in [2.05, 4.69) is 28.5 Å². The maximum Gasteiger partial charge on any atom is 0.318 e. The summed E-state index contributed by atoms with van der Waals surface area (Å²) in [5.74, 6) is 1.53. The van der Waals surface area contributed by atoms with Gasteiger partial charge in [0.1, 0.15) is 0 Å². The second kappa shape index (κ2) is 5.62. The summed E-state index contributed by atoms with van der Waals surface area (Å²) in [6, 6.07) is 0.169. The van der Waals surface area contributed by atoms with E-state index in [-0.39, 0.29) is 6.01 Å². The molecule has 0 bridgehead atoms. The van der Waals surface area contributed by atoms with Crippen LogP contribution in [0.3, 0.4) is 0 Å². The van der Waals surface area contributed by atoms with Gasteiger partial charge in [0, 0.05) is 6.42 Å². The zero-order valence-corrected chi connectivity index (χ0v) is 8.99. The minimum absolute atomic E-state index is 0.169. The van der Waals surface area contributed by atoms with Crippen LogP contribution >= 0.6 is 0 Å². The molecule has 0 fully saturated rings. The van der Waals surface area contributed by atoms with Gasteiger partial charge in [0.05, 0.1) is 0 Å². The van der Waals surface area contributed by atoms with Crippen LogP contribution in [0.4, 0.5) is 6.01 Å². The highest BCUT2D eigenvalue weighted by Gasteiger charge is 2.02. The number of hydrogen-bond acceptors (Lipinski definition) is 4. The summed E-state index contributed by atoms with van der Waals surface area (Å²) >= 11 is 0. The Labute approximate surface area is 84.9 Å². The van der Waals surface area contributed by atoms with Crippen molar-refractivity contribution in [3.05, 3.63) is 5.82 Å². The van der Waals surface area contributed by atoms with Gasteiger partial charge in [-0.3, -0.25) is 0 Å². The van der Waals surface area contributed by atoms with Crippen LogP contribution in [0.1, 0.15) is 45.4 Å². The van der Waals surface area contributed by atoms with E-state index in [1.807, 2.05) is 0 Å². The number of rotatable bonds is 6. The maximum absolute atomic E-state index is 5.31. The fraction of sp³-hybridized carbons (Fsp3) is 0.800. The summed E-state index contributed by atoms with van der Waals surface area (Å²) in [5.41, 5.74) is 5.31. The number of aryl methyl sites for hydroxylation is 1. The first-order valence-corrected chi connectivity index (χ1v) is 5.26. The van der Waals surface area contributed by atoms with Crippen LogP contribution in [-0.4, -0.2) is 10.1 Å². The Morgan fingerprint density at radius 2 is 2.07 bits per heavy atom. The van der Waals surface area contributed by atoms with Crippen LogP contribution in [-0.2, 0) is 6.42 Å². The van der Waals surface area contributed by atoms with Crippen molar-refractivity contribution < 1.29 is 4.52 Å². The molecule has 1 heterocycles. The lowest BCUT2D eigenvalue weighted by Crippen LogP contribution is -1.91. The monoisotopic (exact) mass is 197 g/mol. The standard InChI is InChI=1S/C10H19N3O/c1-8(2)6-4-3-5-7-9-12-10(11)14-13-9/h8H,3-7H2,1-2H3,(H2,11,12,13). The molecule has 0 atom stereocenters. The lowest BCUT2D eigenvalue weighted by molar-refractivity contribution is 0.424. The molecule has 2 N–H and O–H groups in total. The van der Waals surface area contributed by atoms with E-state index < -0.39 is 0 Å². The molecule has 0 saturated carbocycles. The third kappa shape index (κ3) is 4.25. The molecule has 14 heavy (non-hydrogen) atoms. The van der Waals surface area contributed by atoms with Crippen molar-refractivity contribution in [3.63, 3.8) is 0 Å². The number of anilines is 1. The van der Waals surface area contributed by atoms with Crippen molar-refractivity contribution in [1.82, 2.24) is 10.1 Å². The summed E-state index contributed by atoms with van der Waals surface area (Å²) in [6.07, 6.45) is 5.80. The molecule has 80 valence electrons. The molecule has 0 amide bonds. The van der Waals surface area contributed by atoms with Gasteiger partial charge in [-0.15, -0.1) is 0 Å². The lowest BCUT2D eigenvalue weighted by atomic mass is 10.0. The van der Waals surface area contributed by atoms with Crippen LogP contribution < -0.4 is 5.73 Å². The number of hydrogen-bond donors (Lipinski definition) is 1. The van der Waals surface area contributed by atoms with Crippen LogP contribution in [0.5, 0.6) is 0 Å². The Kier molecular flexibility index (Phi) is 4.43. The predicted octanol–water partition coefficient (Wildman–Crippen LogP) is 2.41. The summed E-state index contributed by atoms with van der Waals surface area (Å²) in [4.78, 5) is 3.94. The minimum atomic E-state index is 0.169. The number of unbranched alkanes of at least 4 members (excludes halogenated alkanes) is 2. The summed E-state index contributed by atoms with van der Waals surface area (Å²) in [6.45, 7) is 4.50. The quantitative estimate of drug-likeness (QED) is 0.711. The van der Waals surface area contributed by atoms with Gasteiger partial charge >= 0.3 is 6.01 Å². The molecule has 0 aliphatic carbocycles. The third-order valence-electron chi connectivity index (χ3n) is 2.17. The Bertz CT molecular complexity index is 258. The highest BCUT2D eigenvalue weighted by Crippen LogP contribution is 2.10. The van der Waals surface area contributed by atoms with E-state index in [0.29, 0.717) is 0 Å². The first kappa shape index (κ1) is 11.0. The predicted molar refractivity (Wildman–Crippen MR) is 55.7 cm³/mol. The Balaban J connectivity index is 2.04. The molecule has 0 unspecified atom stereocenters. The lowest BCUT2D eigenvalue weighted by Gasteiger charge is -2.02. The molecular weight excluding hydrogens is 178 g/mol. The van der Waals surface area contributed by atoms with Gasteiger partial charge in [-0.05, 0) is 12.3 Å². The zero-order chi connectivity index (χ0) is 10.4. The molecule has 0 aromatic carbocycles. The minimum Gasteiger partial charge on any atom is -0.351 e. The number of aromatic nitrogens is 2. The molecule has 1 aromatic rings. The number of nitrogens with two attached hydrogens (primary N) is 1. The van der Waals surface area contributed by atoms with Gasteiger partial charge < -0.3 is 10.3 Å². The van der Waals surface area contributed by atoms with Crippen molar-refractivity contribution in [3.8, 4) is 0 Å². The van der Waals surface area contributed by atoms with E-state index in [1.54, 1.807) is 0 Å². The Morgan fingerprint density at radius 3 is 2.64 bits per heavy atom. The van der Waals surface area contributed by atoms with Gasteiger partial charge in [0.25, 0.3) is 0 Å². The van der Waals surface area contributed by atoms with Crippen molar-refractivity contribution in [1.29, 1.82) is 0 Å². The second-order valence-corrected chi connectivity index (χ2v) is 4.04. The average Bonchev–Trinajstić information content (AvgIpc) is 2.50. The van der Waals surface area contributed by atoms with Crippen molar-refractivity contribution in [2.45, 2.75) is 46.0 Å². The molecule has 4 nitrogen and oxygen atoms in total. The molecule has 0 aliphatic rings. The Morgan fingerprint density at radius 1 is 1.29 bits per heavy atom. The van der Waals surface area contributed by atoms with Crippen LogP contribution in [0.25, 0.3) is 0 Å². The van der Waals surface area contributed by atoms with E-state index in [1.165, 1.54) is 19.3 Å². The van der Waals surface area contributed by atoms with E-state index in [9.17, 15) is 0 Å². The normalized spacial score (nSPS) is 11.1. The largest absolute Gasteiger partial charge is 0.351 e. The van der Waals surface area contributed by atoms with Crippen molar-refractivity contribution >= 4 is 6.01 Å². The molecule has 0 spiro atoms. The van der Waals surface area contributed by atoms with Crippen molar-refractivity contribution in [2.24, 2.45) is 5.92 Å². The summed E-state index contributed by atoms with van der Waals surface area (Å²) in [7, 11) is 0. The smallest absolute Gasteiger partial charge is 0.318 e. The molecule has 1 aromatic heterocycles. The third-order valence-corrected chi connectivity index (χ3v) is 2.17. The molecule has 0 aliphatic heterocycles. The van der Waals surface area contributed by atoms with Gasteiger partial charge in [0.2, 0.25) is 0 Å². The zero-order valence-electron chi connectivity index (χ0n) is 8.99. The molecule has 1 rings (SSSR count). The fourth-order valence-corrected chi connectivity index (χ4v) is 1.38.